The lowest BCUT2D eigenvalue weighted by atomic mass is 10.1. The number of hydrogen-bond acceptors (Lipinski definition) is 3. The average molecular weight is 225 g/mol. The summed E-state index contributed by atoms with van der Waals surface area (Å²) >= 11 is 0. The van der Waals surface area contributed by atoms with E-state index in [-0.39, 0.29) is 0 Å². The van der Waals surface area contributed by atoms with Crippen LogP contribution in [-0.2, 0) is 9.53 Å². The molecule has 0 amide bonds. The summed E-state index contributed by atoms with van der Waals surface area (Å²) in [6.45, 7) is 2.09. The van der Waals surface area contributed by atoms with E-state index in [4.69, 9.17) is 4.74 Å². The van der Waals surface area contributed by atoms with Crippen molar-refractivity contribution in [1.82, 2.24) is 4.98 Å². The molecule has 0 spiro atoms. The zero-order chi connectivity index (χ0) is 12.1. The van der Waals surface area contributed by atoms with Crippen LogP contribution in [0.25, 0.3) is 10.9 Å². The molecule has 3 nitrogen and oxygen atoms in total. The van der Waals surface area contributed by atoms with Gasteiger partial charge in [0, 0.05) is 23.1 Å². The highest BCUT2D eigenvalue weighted by Crippen LogP contribution is 2.14. The highest BCUT2D eigenvalue weighted by atomic mass is 16.5. The molecule has 2 rings (SSSR count). The fourth-order valence-electron chi connectivity index (χ4n) is 1.49. The van der Waals surface area contributed by atoms with E-state index in [1.54, 1.807) is 19.2 Å². The number of esters is 1. The molecule has 0 fully saturated rings. The van der Waals surface area contributed by atoms with Gasteiger partial charge in [0.15, 0.2) is 0 Å². The molecular formula is C14H11NO2. The Hall–Kier alpha value is -2.34. The van der Waals surface area contributed by atoms with Crippen molar-refractivity contribution in [3.8, 4) is 11.8 Å². The molecule has 0 aliphatic carbocycles. The van der Waals surface area contributed by atoms with E-state index >= 15 is 0 Å². The van der Waals surface area contributed by atoms with Gasteiger partial charge in [-0.1, -0.05) is 24.1 Å². The molecule has 2 aromatic rings. The highest BCUT2D eigenvalue weighted by Gasteiger charge is 1.98. The van der Waals surface area contributed by atoms with Gasteiger partial charge in [-0.3, -0.25) is 4.98 Å². The molecular weight excluding hydrogens is 214 g/mol. The van der Waals surface area contributed by atoms with Gasteiger partial charge in [-0.25, -0.2) is 4.79 Å². The normalized spacial score (nSPS) is 9.47. The van der Waals surface area contributed by atoms with Crippen molar-refractivity contribution in [3.05, 3.63) is 42.1 Å². The van der Waals surface area contributed by atoms with E-state index in [9.17, 15) is 4.79 Å². The molecule has 0 radical (unpaired) electrons. The number of fused-ring (bicyclic) bond motifs is 1. The molecule has 0 aliphatic rings. The summed E-state index contributed by atoms with van der Waals surface area (Å²) < 4.78 is 4.75. The number of benzene rings is 1. The van der Waals surface area contributed by atoms with E-state index in [0.29, 0.717) is 6.61 Å². The third-order valence-electron chi connectivity index (χ3n) is 2.22. The van der Waals surface area contributed by atoms with Crippen LogP contribution in [0.2, 0.25) is 0 Å². The summed E-state index contributed by atoms with van der Waals surface area (Å²) in [5, 5.41) is 0.937. The standard InChI is InChI=1S/C14H11NO2/c1-2-17-14(16)8-7-11-9-10-15-13-6-4-3-5-12(11)13/h3-6,9-10H,2H2,1H3. The van der Waals surface area contributed by atoms with Gasteiger partial charge < -0.3 is 4.74 Å². The monoisotopic (exact) mass is 225 g/mol. The minimum Gasteiger partial charge on any atom is -0.456 e. The van der Waals surface area contributed by atoms with Gasteiger partial charge >= 0.3 is 5.97 Å². The predicted octanol–water partition coefficient (Wildman–Crippen LogP) is 2.15. The first-order valence-electron chi connectivity index (χ1n) is 5.34. The number of hydrogen-bond donors (Lipinski definition) is 0. The number of para-hydroxylation sites is 1. The van der Waals surface area contributed by atoms with Gasteiger partial charge in [0.1, 0.15) is 0 Å². The lowest BCUT2D eigenvalue weighted by molar-refractivity contribution is -0.136. The van der Waals surface area contributed by atoms with Gasteiger partial charge in [-0.15, -0.1) is 0 Å². The first-order valence-corrected chi connectivity index (χ1v) is 5.34. The van der Waals surface area contributed by atoms with Crippen LogP contribution in [0.4, 0.5) is 0 Å². The van der Waals surface area contributed by atoms with Crippen molar-refractivity contribution in [2.75, 3.05) is 6.61 Å². The van der Waals surface area contributed by atoms with Gasteiger partial charge in [0.25, 0.3) is 0 Å². The van der Waals surface area contributed by atoms with Crippen LogP contribution in [0.5, 0.6) is 0 Å². The van der Waals surface area contributed by atoms with Crippen molar-refractivity contribution < 1.29 is 9.53 Å². The molecule has 1 heterocycles. The number of nitrogens with zero attached hydrogens (tertiary/aromatic N) is 1. The molecule has 0 N–H and O–H groups in total. The molecule has 0 saturated heterocycles. The van der Waals surface area contributed by atoms with E-state index in [1.165, 1.54) is 0 Å². The van der Waals surface area contributed by atoms with E-state index in [1.807, 2.05) is 24.3 Å². The van der Waals surface area contributed by atoms with Crippen LogP contribution < -0.4 is 0 Å². The van der Waals surface area contributed by atoms with Gasteiger partial charge in [-0.05, 0) is 19.1 Å². The Morgan fingerprint density at radius 1 is 1.35 bits per heavy atom. The number of carbonyl (C=O) groups excluding carboxylic acids is 1. The summed E-state index contributed by atoms with van der Waals surface area (Å²) in [5.74, 6) is 4.75. The van der Waals surface area contributed by atoms with Crippen LogP contribution in [0.15, 0.2) is 36.5 Å². The Kier molecular flexibility index (Phi) is 3.37. The summed E-state index contributed by atoms with van der Waals surface area (Å²) in [6.07, 6.45) is 1.68. The van der Waals surface area contributed by atoms with Crippen molar-refractivity contribution >= 4 is 16.9 Å². The van der Waals surface area contributed by atoms with Crippen LogP contribution in [0.1, 0.15) is 12.5 Å². The molecule has 0 bridgehead atoms. The molecule has 0 atom stereocenters. The first-order chi connectivity index (χ1) is 8.31. The molecule has 1 aromatic heterocycles. The second kappa shape index (κ2) is 5.13. The topological polar surface area (TPSA) is 39.2 Å². The molecule has 3 heteroatoms. The third-order valence-corrected chi connectivity index (χ3v) is 2.22. The molecule has 0 saturated carbocycles. The minimum atomic E-state index is -0.506. The Balaban J connectivity index is 2.39. The highest BCUT2D eigenvalue weighted by molar-refractivity contribution is 5.91. The Labute approximate surface area is 99.4 Å². The minimum absolute atomic E-state index is 0.338. The molecule has 17 heavy (non-hydrogen) atoms. The summed E-state index contributed by atoms with van der Waals surface area (Å²) in [4.78, 5) is 15.4. The second-order valence-electron chi connectivity index (χ2n) is 3.35. The summed E-state index contributed by atoms with van der Waals surface area (Å²) in [7, 11) is 0. The summed E-state index contributed by atoms with van der Waals surface area (Å²) in [6, 6.07) is 9.45. The number of pyridine rings is 1. The Bertz CT molecular complexity index is 603. The van der Waals surface area contributed by atoms with Crippen LogP contribution in [0.3, 0.4) is 0 Å². The lowest BCUT2D eigenvalue weighted by Crippen LogP contribution is -1.99. The van der Waals surface area contributed by atoms with Crippen LogP contribution in [-0.4, -0.2) is 17.6 Å². The lowest BCUT2D eigenvalue weighted by Gasteiger charge is -1.98. The van der Waals surface area contributed by atoms with Gasteiger partial charge in [-0.2, -0.15) is 0 Å². The van der Waals surface area contributed by atoms with Crippen molar-refractivity contribution in [1.29, 1.82) is 0 Å². The zero-order valence-corrected chi connectivity index (χ0v) is 9.43. The molecule has 84 valence electrons. The number of carbonyl (C=O) groups is 1. The zero-order valence-electron chi connectivity index (χ0n) is 9.43. The smallest absolute Gasteiger partial charge is 0.384 e. The van der Waals surface area contributed by atoms with E-state index in [2.05, 4.69) is 16.8 Å². The maximum absolute atomic E-state index is 11.1. The van der Waals surface area contributed by atoms with Crippen molar-refractivity contribution in [2.45, 2.75) is 6.92 Å². The Morgan fingerprint density at radius 2 is 2.18 bits per heavy atom. The van der Waals surface area contributed by atoms with Crippen LogP contribution >= 0.6 is 0 Å². The van der Waals surface area contributed by atoms with Gasteiger partial charge in [0.2, 0.25) is 0 Å². The maximum Gasteiger partial charge on any atom is 0.384 e. The summed E-state index contributed by atoms with van der Waals surface area (Å²) in [5.41, 5.74) is 1.65. The fourth-order valence-corrected chi connectivity index (χ4v) is 1.49. The largest absolute Gasteiger partial charge is 0.456 e. The predicted molar refractivity (Wildman–Crippen MR) is 65.3 cm³/mol. The number of aromatic nitrogens is 1. The molecule has 0 unspecified atom stereocenters. The van der Waals surface area contributed by atoms with Crippen molar-refractivity contribution in [3.63, 3.8) is 0 Å². The van der Waals surface area contributed by atoms with Crippen molar-refractivity contribution in [2.24, 2.45) is 0 Å². The SMILES string of the molecule is CCOC(=O)C#Cc1ccnc2ccccc12. The number of rotatable bonds is 1. The molecule has 1 aromatic carbocycles. The van der Waals surface area contributed by atoms with Crippen LogP contribution in [0, 0.1) is 11.8 Å². The molecule has 0 aliphatic heterocycles. The third kappa shape index (κ3) is 2.61. The van der Waals surface area contributed by atoms with Gasteiger partial charge in [0.05, 0.1) is 12.1 Å². The maximum atomic E-state index is 11.1. The fraction of sp³-hybridized carbons (Fsp3) is 0.143. The first kappa shape index (κ1) is 11.2. The van der Waals surface area contributed by atoms with E-state index in [0.717, 1.165) is 16.5 Å². The number of ether oxygens (including phenoxy) is 1. The quantitative estimate of drug-likeness (QED) is 0.551. The average Bonchev–Trinajstić information content (AvgIpc) is 2.36. The van der Waals surface area contributed by atoms with E-state index < -0.39 is 5.97 Å². The Morgan fingerprint density at radius 3 is 3.00 bits per heavy atom. The second-order valence-corrected chi connectivity index (χ2v) is 3.35.